The molecule has 4 rings (SSSR count). The quantitative estimate of drug-likeness (QED) is 0.655. The lowest BCUT2D eigenvalue weighted by molar-refractivity contribution is -0.121. The summed E-state index contributed by atoms with van der Waals surface area (Å²) >= 11 is 3.44. The van der Waals surface area contributed by atoms with Gasteiger partial charge in [-0.05, 0) is 30.5 Å². The first-order chi connectivity index (χ1) is 13.7. The molecule has 1 aliphatic heterocycles. The van der Waals surface area contributed by atoms with Gasteiger partial charge in [0.15, 0.2) is 5.65 Å². The van der Waals surface area contributed by atoms with Crippen LogP contribution in [0.1, 0.15) is 31.2 Å². The highest BCUT2D eigenvalue weighted by Gasteiger charge is 2.18. The van der Waals surface area contributed by atoms with Crippen molar-refractivity contribution in [3.63, 3.8) is 0 Å². The second kappa shape index (κ2) is 8.68. The molecule has 146 valence electrons. The number of nitrogens with zero attached hydrogens (tertiary/aromatic N) is 5. The first-order valence-electron chi connectivity index (χ1n) is 9.63. The van der Waals surface area contributed by atoms with Crippen molar-refractivity contribution >= 4 is 38.7 Å². The number of carbonyl (C=O) groups excluding carboxylic acids is 1. The maximum absolute atomic E-state index is 12.4. The van der Waals surface area contributed by atoms with Crippen molar-refractivity contribution in [1.82, 2.24) is 25.1 Å². The van der Waals surface area contributed by atoms with E-state index in [9.17, 15) is 4.79 Å². The van der Waals surface area contributed by atoms with Gasteiger partial charge < -0.3 is 10.2 Å². The van der Waals surface area contributed by atoms with Crippen LogP contribution in [0.4, 0.5) is 5.82 Å². The largest absolute Gasteiger partial charge is 0.356 e. The molecule has 28 heavy (non-hydrogen) atoms. The Kier molecular flexibility index (Phi) is 5.85. The molecule has 0 radical (unpaired) electrons. The number of fused-ring (bicyclic) bond motifs is 1. The molecule has 0 atom stereocenters. The molecule has 3 aromatic rings. The van der Waals surface area contributed by atoms with Gasteiger partial charge in [0.05, 0.1) is 11.6 Å². The first kappa shape index (κ1) is 18.9. The summed E-state index contributed by atoms with van der Waals surface area (Å²) in [5.41, 5.74) is 1.74. The van der Waals surface area contributed by atoms with Crippen molar-refractivity contribution in [2.24, 2.45) is 0 Å². The minimum Gasteiger partial charge on any atom is -0.356 e. The monoisotopic (exact) mass is 442 g/mol. The fraction of sp³-hybridized carbons (Fsp3) is 0.400. The number of aromatic nitrogens is 4. The van der Waals surface area contributed by atoms with Gasteiger partial charge in [-0.3, -0.25) is 4.79 Å². The van der Waals surface area contributed by atoms with E-state index in [4.69, 9.17) is 0 Å². The number of carbonyl (C=O) groups is 1. The van der Waals surface area contributed by atoms with Crippen LogP contribution in [0.3, 0.4) is 0 Å². The Morgan fingerprint density at radius 2 is 1.96 bits per heavy atom. The van der Waals surface area contributed by atoms with Crippen LogP contribution in [-0.4, -0.2) is 38.7 Å². The topological polar surface area (TPSA) is 75.9 Å². The Balaban J connectivity index is 1.47. The second-order valence-electron chi connectivity index (χ2n) is 7.04. The molecule has 0 bridgehead atoms. The van der Waals surface area contributed by atoms with Crippen molar-refractivity contribution in [2.45, 2.75) is 38.8 Å². The van der Waals surface area contributed by atoms with Gasteiger partial charge in [-0.15, -0.1) is 0 Å². The SMILES string of the molecule is O=C(Cn1ncc2c(N3CCCCCC3)ncnc21)NCc1cccc(Br)c1. The van der Waals surface area contributed by atoms with E-state index in [1.165, 1.54) is 25.7 Å². The van der Waals surface area contributed by atoms with Crippen molar-refractivity contribution in [3.05, 3.63) is 46.8 Å². The minimum absolute atomic E-state index is 0.0973. The average Bonchev–Trinajstić information content (AvgIpc) is 2.92. The number of rotatable bonds is 5. The van der Waals surface area contributed by atoms with E-state index in [1.54, 1.807) is 17.2 Å². The normalized spacial score (nSPS) is 14.8. The molecular weight excluding hydrogens is 420 g/mol. The van der Waals surface area contributed by atoms with E-state index >= 15 is 0 Å². The molecule has 0 saturated carbocycles. The molecule has 0 aliphatic carbocycles. The van der Waals surface area contributed by atoms with Crippen LogP contribution >= 0.6 is 15.9 Å². The summed E-state index contributed by atoms with van der Waals surface area (Å²) in [6.07, 6.45) is 8.23. The molecule has 1 fully saturated rings. The zero-order chi connectivity index (χ0) is 19.3. The lowest BCUT2D eigenvalue weighted by atomic mass is 10.2. The Morgan fingerprint density at radius 3 is 2.75 bits per heavy atom. The molecule has 1 N–H and O–H groups in total. The van der Waals surface area contributed by atoms with Gasteiger partial charge in [-0.1, -0.05) is 40.9 Å². The molecule has 1 amide bonds. The molecule has 1 aromatic carbocycles. The number of benzene rings is 1. The van der Waals surface area contributed by atoms with E-state index in [0.29, 0.717) is 12.2 Å². The third-order valence-electron chi connectivity index (χ3n) is 4.99. The zero-order valence-electron chi connectivity index (χ0n) is 15.6. The Morgan fingerprint density at radius 1 is 1.14 bits per heavy atom. The lowest BCUT2D eigenvalue weighted by Gasteiger charge is -2.21. The summed E-state index contributed by atoms with van der Waals surface area (Å²) in [6, 6.07) is 7.88. The highest BCUT2D eigenvalue weighted by atomic mass is 79.9. The minimum atomic E-state index is -0.0973. The number of nitrogens with one attached hydrogen (secondary N) is 1. The Labute approximate surface area is 172 Å². The highest BCUT2D eigenvalue weighted by molar-refractivity contribution is 9.10. The first-order valence-corrected chi connectivity index (χ1v) is 10.4. The molecule has 0 unspecified atom stereocenters. The highest BCUT2D eigenvalue weighted by Crippen LogP contribution is 2.25. The van der Waals surface area contributed by atoms with Gasteiger partial charge in [0.2, 0.25) is 5.91 Å². The van der Waals surface area contributed by atoms with Crippen LogP contribution in [0.5, 0.6) is 0 Å². The number of anilines is 1. The molecule has 7 nitrogen and oxygen atoms in total. The van der Waals surface area contributed by atoms with Crippen LogP contribution in [0.25, 0.3) is 11.0 Å². The van der Waals surface area contributed by atoms with E-state index < -0.39 is 0 Å². The van der Waals surface area contributed by atoms with Crippen molar-refractivity contribution in [2.75, 3.05) is 18.0 Å². The van der Waals surface area contributed by atoms with Crippen LogP contribution < -0.4 is 10.2 Å². The molecular formula is C20H23BrN6O. The number of amides is 1. The number of hydrogen-bond donors (Lipinski definition) is 1. The Hall–Kier alpha value is -2.48. The fourth-order valence-electron chi connectivity index (χ4n) is 3.57. The summed E-state index contributed by atoms with van der Waals surface area (Å²) in [6.45, 7) is 2.62. The van der Waals surface area contributed by atoms with Gasteiger partial charge in [0, 0.05) is 24.1 Å². The van der Waals surface area contributed by atoms with Gasteiger partial charge in [-0.25, -0.2) is 14.6 Å². The van der Waals surface area contributed by atoms with Gasteiger partial charge >= 0.3 is 0 Å². The van der Waals surface area contributed by atoms with E-state index in [0.717, 1.165) is 34.3 Å². The van der Waals surface area contributed by atoms with E-state index in [2.05, 4.69) is 41.2 Å². The number of halogens is 1. The van der Waals surface area contributed by atoms with Crippen molar-refractivity contribution < 1.29 is 4.79 Å². The van der Waals surface area contributed by atoms with Crippen LogP contribution in [0.2, 0.25) is 0 Å². The van der Waals surface area contributed by atoms with Gasteiger partial charge in [-0.2, -0.15) is 5.10 Å². The van der Waals surface area contributed by atoms with Crippen molar-refractivity contribution in [1.29, 1.82) is 0 Å². The summed E-state index contributed by atoms with van der Waals surface area (Å²) < 4.78 is 2.64. The third kappa shape index (κ3) is 4.32. The summed E-state index contributed by atoms with van der Waals surface area (Å²) in [5, 5.41) is 8.25. The molecule has 8 heteroatoms. The van der Waals surface area contributed by atoms with Gasteiger partial charge in [0.25, 0.3) is 0 Å². The lowest BCUT2D eigenvalue weighted by Crippen LogP contribution is -2.27. The molecule has 3 heterocycles. The van der Waals surface area contributed by atoms with Crippen LogP contribution in [-0.2, 0) is 17.9 Å². The fourth-order valence-corrected chi connectivity index (χ4v) is 4.02. The molecule has 2 aromatic heterocycles. The zero-order valence-corrected chi connectivity index (χ0v) is 17.2. The second-order valence-corrected chi connectivity index (χ2v) is 7.96. The number of hydrogen-bond acceptors (Lipinski definition) is 5. The molecule has 0 spiro atoms. The van der Waals surface area contributed by atoms with Crippen LogP contribution in [0.15, 0.2) is 41.3 Å². The van der Waals surface area contributed by atoms with Gasteiger partial charge in [0.1, 0.15) is 18.7 Å². The maximum Gasteiger partial charge on any atom is 0.242 e. The van der Waals surface area contributed by atoms with E-state index in [1.807, 2.05) is 24.3 Å². The van der Waals surface area contributed by atoms with E-state index in [-0.39, 0.29) is 12.5 Å². The van der Waals surface area contributed by atoms with Crippen LogP contribution in [0, 0.1) is 0 Å². The Bertz CT molecular complexity index is 964. The molecule has 1 aliphatic rings. The summed E-state index contributed by atoms with van der Waals surface area (Å²) in [5.74, 6) is 0.826. The summed E-state index contributed by atoms with van der Waals surface area (Å²) in [7, 11) is 0. The standard InChI is InChI=1S/C20H23BrN6O/c21-16-7-5-6-15(10-16)11-22-18(28)13-27-20-17(12-25-27)19(23-14-24-20)26-8-3-1-2-4-9-26/h5-7,10,12,14H,1-4,8-9,11,13H2,(H,22,28). The predicted octanol–water partition coefficient (Wildman–Crippen LogP) is 3.29. The predicted molar refractivity (Wildman–Crippen MR) is 112 cm³/mol. The third-order valence-corrected chi connectivity index (χ3v) is 5.48. The summed E-state index contributed by atoms with van der Waals surface area (Å²) in [4.78, 5) is 23.6. The smallest absolute Gasteiger partial charge is 0.242 e. The molecule has 1 saturated heterocycles. The maximum atomic E-state index is 12.4. The van der Waals surface area contributed by atoms with Crippen molar-refractivity contribution in [3.8, 4) is 0 Å². The average molecular weight is 443 g/mol.